The molecule has 0 spiro atoms. The highest BCUT2D eigenvalue weighted by Gasteiger charge is 2.20. The monoisotopic (exact) mass is 348 g/mol. The summed E-state index contributed by atoms with van der Waals surface area (Å²) in [6, 6.07) is 11.5. The number of sulfone groups is 1. The van der Waals surface area contributed by atoms with E-state index in [2.05, 4.69) is 10.1 Å². The zero-order valence-electron chi connectivity index (χ0n) is 12.6. The van der Waals surface area contributed by atoms with E-state index in [1.54, 1.807) is 31.4 Å². The molecule has 0 fully saturated rings. The lowest BCUT2D eigenvalue weighted by Crippen LogP contribution is -2.06. The van der Waals surface area contributed by atoms with Gasteiger partial charge < -0.3 is 9.26 Å². The maximum atomic E-state index is 12.9. The molecule has 3 rings (SSSR count). The Labute approximate surface area is 137 Å². The number of hydrogen-bond acceptors (Lipinski definition) is 6. The van der Waals surface area contributed by atoms with Crippen molar-refractivity contribution in [3.63, 3.8) is 0 Å². The minimum Gasteiger partial charge on any atom is -0.497 e. The van der Waals surface area contributed by atoms with Crippen LogP contribution < -0.4 is 4.74 Å². The molecule has 0 aliphatic heterocycles. The van der Waals surface area contributed by atoms with Crippen molar-refractivity contribution in [2.75, 3.05) is 7.11 Å². The van der Waals surface area contributed by atoms with Gasteiger partial charge in [-0.05, 0) is 48.5 Å². The number of nitrogens with zero attached hydrogens (tertiary/aromatic N) is 2. The van der Waals surface area contributed by atoms with Crippen LogP contribution in [0.3, 0.4) is 0 Å². The Balaban J connectivity index is 1.81. The molecule has 3 aromatic rings. The molecule has 0 unspecified atom stereocenters. The van der Waals surface area contributed by atoms with Gasteiger partial charge in [0.2, 0.25) is 0 Å². The molecule has 0 saturated heterocycles. The molecule has 0 aliphatic carbocycles. The molecule has 24 heavy (non-hydrogen) atoms. The predicted molar refractivity (Wildman–Crippen MR) is 83.6 cm³/mol. The largest absolute Gasteiger partial charge is 0.497 e. The Bertz CT molecular complexity index is 935. The molecule has 6 nitrogen and oxygen atoms in total. The zero-order valence-corrected chi connectivity index (χ0v) is 13.5. The van der Waals surface area contributed by atoms with E-state index in [1.165, 1.54) is 12.1 Å². The number of methoxy groups -OCH3 is 1. The normalized spacial score (nSPS) is 11.4. The van der Waals surface area contributed by atoms with Gasteiger partial charge in [0.1, 0.15) is 17.3 Å². The van der Waals surface area contributed by atoms with Crippen LogP contribution in [0.4, 0.5) is 4.39 Å². The summed E-state index contributed by atoms with van der Waals surface area (Å²) in [6.07, 6.45) is 0. The fourth-order valence-corrected chi connectivity index (χ4v) is 3.23. The van der Waals surface area contributed by atoms with Gasteiger partial charge in [-0.1, -0.05) is 5.16 Å². The van der Waals surface area contributed by atoms with Crippen molar-refractivity contribution in [2.24, 2.45) is 0 Å². The van der Waals surface area contributed by atoms with E-state index in [0.717, 1.165) is 12.1 Å². The number of benzene rings is 2. The van der Waals surface area contributed by atoms with Gasteiger partial charge in [0, 0.05) is 5.56 Å². The first-order chi connectivity index (χ1) is 11.5. The summed E-state index contributed by atoms with van der Waals surface area (Å²) in [5.41, 5.74) is 0.647. The van der Waals surface area contributed by atoms with Crippen LogP contribution in [0, 0.1) is 5.82 Å². The molecular weight excluding hydrogens is 335 g/mol. The van der Waals surface area contributed by atoms with Crippen molar-refractivity contribution in [1.82, 2.24) is 10.1 Å². The number of rotatable bonds is 5. The first-order valence-corrected chi connectivity index (χ1v) is 8.58. The molecule has 8 heteroatoms. The van der Waals surface area contributed by atoms with E-state index in [4.69, 9.17) is 9.26 Å². The second-order valence-electron chi connectivity index (χ2n) is 4.96. The van der Waals surface area contributed by atoms with Crippen LogP contribution in [-0.2, 0) is 15.6 Å². The predicted octanol–water partition coefficient (Wildman–Crippen LogP) is 2.86. The van der Waals surface area contributed by atoms with Crippen molar-refractivity contribution in [3.05, 3.63) is 60.2 Å². The molecule has 0 saturated carbocycles. The van der Waals surface area contributed by atoms with Crippen LogP contribution in [0.15, 0.2) is 57.9 Å². The fourth-order valence-electron chi connectivity index (χ4n) is 2.06. The standard InChI is InChI=1S/C16H13FN2O4S/c1-22-13-6-2-11(3-7-13)16-18-15(19-23-16)10-24(20,21)14-8-4-12(17)5-9-14/h2-9H,10H2,1H3. The van der Waals surface area contributed by atoms with E-state index >= 15 is 0 Å². The second kappa shape index (κ2) is 6.40. The number of aromatic nitrogens is 2. The summed E-state index contributed by atoms with van der Waals surface area (Å²) in [4.78, 5) is 4.09. The summed E-state index contributed by atoms with van der Waals surface area (Å²) >= 11 is 0. The molecule has 1 heterocycles. The summed E-state index contributed by atoms with van der Waals surface area (Å²) in [7, 11) is -2.13. The molecule has 0 bridgehead atoms. The van der Waals surface area contributed by atoms with Gasteiger partial charge >= 0.3 is 0 Å². The van der Waals surface area contributed by atoms with Gasteiger partial charge in [-0.15, -0.1) is 0 Å². The SMILES string of the molecule is COc1ccc(-c2nc(CS(=O)(=O)c3ccc(F)cc3)no2)cc1. The average molecular weight is 348 g/mol. The topological polar surface area (TPSA) is 82.3 Å². The third-order valence-corrected chi connectivity index (χ3v) is 4.93. The summed E-state index contributed by atoms with van der Waals surface area (Å²) in [6.45, 7) is 0. The van der Waals surface area contributed by atoms with Crippen molar-refractivity contribution >= 4 is 9.84 Å². The van der Waals surface area contributed by atoms with Crippen LogP contribution in [0.1, 0.15) is 5.82 Å². The summed E-state index contributed by atoms with van der Waals surface area (Å²) in [5.74, 6) is -0.0158. The minimum atomic E-state index is -3.68. The van der Waals surface area contributed by atoms with Gasteiger partial charge in [0.15, 0.2) is 15.7 Å². The average Bonchev–Trinajstić information content (AvgIpc) is 3.03. The lowest BCUT2D eigenvalue weighted by Gasteiger charge is -2.01. The minimum absolute atomic E-state index is 0.000280. The summed E-state index contributed by atoms with van der Waals surface area (Å²) < 4.78 is 47.6. The number of ether oxygens (including phenoxy) is 1. The smallest absolute Gasteiger partial charge is 0.257 e. The molecular formula is C16H13FN2O4S. The van der Waals surface area contributed by atoms with Crippen LogP contribution in [0.25, 0.3) is 11.5 Å². The highest BCUT2D eigenvalue weighted by Crippen LogP contribution is 2.22. The maximum absolute atomic E-state index is 12.9. The molecule has 0 radical (unpaired) electrons. The molecule has 1 aromatic heterocycles. The van der Waals surface area contributed by atoms with E-state index in [0.29, 0.717) is 11.3 Å². The highest BCUT2D eigenvalue weighted by molar-refractivity contribution is 7.90. The number of halogens is 1. The second-order valence-corrected chi connectivity index (χ2v) is 6.95. The third kappa shape index (κ3) is 3.43. The first-order valence-electron chi connectivity index (χ1n) is 6.93. The lowest BCUT2D eigenvalue weighted by molar-refractivity contribution is 0.414. The van der Waals surface area contributed by atoms with Crippen LogP contribution >= 0.6 is 0 Å². The van der Waals surface area contributed by atoms with Crippen molar-refractivity contribution in [1.29, 1.82) is 0 Å². The van der Waals surface area contributed by atoms with Crippen LogP contribution in [0.2, 0.25) is 0 Å². The maximum Gasteiger partial charge on any atom is 0.257 e. The molecule has 0 N–H and O–H groups in total. The Morgan fingerprint density at radius 1 is 1.08 bits per heavy atom. The van der Waals surface area contributed by atoms with Gasteiger partial charge in [-0.25, -0.2) is 12.8 Å². The van der Waals surface area contributed by atoms with E-state index < -0.39 is 21.4 Å². The van der Waals surface area contributed by atoms with Crippen molar-refractivity contribution in [3.8, 4) is 17.2 Å². The molecule has 2 aromatic carbocycles. The fraction of sp³-hybridized carbons (Fsp3) is 0.125. The van der Waals surface area contributed by atoms with Crippen LogP contribution in [-0.4, -0.2) is 25.7 Å². The molecule has 124 valence electrons. The molecule has 0 atom stereocenters. The highest BCUT2D eigenvalue weighted by atomic mass is 32.2. The van der Waals surface area contributed by atoms with Gasteiger partial charge in [0.05, 0.1) is 12.0 Å². The van der Waals surface area contributed by atoms with Crippen molar-refractivity contribution < 1.29 is 22.1 Å². The molecule has 0 amide bonds. The quantitative estimate of drug-likeness (QED) is 0.660. The summed E-state index contributed by atoms with van der Waals surface area (Å²) in [5, 5.41) is 3.69. The Morgan fingerprint density at radius 2 is 1.75 bits per heavy atom. The van der Waals surface area contributed by atoms with E-state index in [-0.39, 0.29) is 16.6 Å². The zero-order chi connectivity index (χ0) is 17.2. The Morgan fingerprint density at radius 3 is 2.38 bits per heavy atom. The Hall–Kier alpha value is -2.74. The van der Waals surface area contributed by atoms with Crippen molar-refractivity contribution in [2.45, 2.75) is 10.6 Å². The van der Waals surface area contributed by atoms with Crippen LogP contribution in [0.5, 0.6) is 5.75 Å². The van der Waals surface area contributed by atoms with Gasteiger partial charge in [-0.3, -0.25) is 0 Å². The van der Waals surface area contributed by atoms with E-state index in [1.807, 2.05) is 0 Å². The van der Waals surface area contributed by atoms with E-state index in [9.17, 15) is 12.8 Å². The third-order valence-electron chi connectivity index (χ3n) is 3.30. The lowest BCUT2D eigenvalue weighted by atomic mass is 10.2. The Kier molecular flexibility index (Phi) is 4.30. The van der Waals surface area contributed by atoms with Gasteiger partial charge in [-0.2, -0.15) is 4.98 Å². The molecule has 0 aliphatic rings. The number of hydrogen-bond donors (Lipinski definition) is 0. The first kappa shape index (κ1) is 16.1. The van der Waals surface area contributed by atoms with Gasteiger partial charge in [0.25, 0.3) is 5.89 Å².